The fourth-order valence-electron chi connectivity index (χ4n) is 1.61. The minimum atomic E-state index is -0.170. The van der Waals surface area contributed by atoms with Gasteiger partial charge in [0.15, 0.2) is 0 Å². The van der Waals surface area contributed by atoms with Crippen molar-refractivity contribution >= 4 is 5.82 Å². The average Bonchev–Trinajstić information content (AvgIpc) is 2.42. The molecule has 0 unspecified atom stereocenters. The van der Waals surface area contributed by atoms with E-state index in [2.05, 4.69) is 30.7 Å². The fraction of sp³-hybridized carbons (Fsp3) is 0.500. The maximum atomic E-state index is 11.4. The lowest BCUT2D eigenvalue weighted by atomic mass is 10.2. The third-order valence-electron chi connectivity index (χ3n) is 2.48. The first-order chi connectivity index (χ1) is 7.22. The molecule has 1 aromatic heterocycles. The van der Waals surface area contributed by atoms with Crippen molar-refractivity contribution in [3.8, 4) is 0 Å². The zero-order valence-corrected chi connectivity index (χ0v) is 9.66. The van der Waals surface area contributed by atoms with E-state index in [1.54, 1.807) is 6.07 Å². The van der Waals surface area contributed by atoms with Crippen LogP contribution in [0.2, 0.25) is 0 Å². The quantitative estimate of drug-likeness (QED) is 0.753. The third kappa shape index (κ3) is 2.78. The van der Waals surface area contributed by atoms with Crippen molar-refractivity contribution in [2.24, 2.45) is 0 Å². The van der Waals surface area contributed by atoms with Gasteiger partial charge in [-0.25, -0.2) is 0 Å². The van der Waals surface area contributed by atoms with Gasteiger partial charge in [0, 0.05) is 19.2 Å². The predicted octanol–water partition coefficient (Wildman–Crippen LogP) is 1.85. The lowest BCUT2D eigenvalue weighted by Gasteiger charge is -2.20. The minimum absolute atomic E-state index is 0.170. The van der Waals surface area contributed by atoms with Gasteiger partial charge in [0.2, 0.25) is 0 Å². The van der Waals surface area contributed by atoms with Crippen molar-refractivity contribution in [2.45, 2.75) is 27.2 Å². The van der Waals surface area contributed by atoms with Crippen LogP contribution in [0.15, 0.2) is 23.0 Å². The summed E-state index contributed by atoms with van der Waals surface area (Å²) in [7, 11) is 0. The van der Waals surface area contributed by atoms with Gasteiger partial charge < -0.3 is 4.90 Å². The summed E-state index contributed by atoms with van der Waals surface area (Å²) in [5.74, 6) is 0.831. The summed E-state index contributed by atoms with van der Waals surface area (Å²) in [6.07, 6.45) is 0.896. The molecule has 0 bridgehead atoms. The van der Waals surface area contributed by atoms with Crippen molar-refractivity contribution in [3.05, 3.63) is 34.1 Å². The van der Waals surface area contributed by atoms with Gasteiger partial charge in [0.25, 0.3) is 5.56 Å². The SMILES string of the molecule is CCc1cccc(=O)nc1N(CC)CC. The second kappa shape index (κ2) is 5.49. The molecule has 3 nitrogen and oxygen atoms in total. The van der Waals surface area contributed by atoms with E-state index in [0.29, 0.717) is 0 Å². The van der Waals surface area contributed by atoms with Gasteiger partial charge in [0.05, 0.1) is 0 Å². The monoisotopic (exact) mass is 206 g/mol. The normalized spacial score (nSPS) is 10.1. The molecule has 0 N–H and O–H groups in total. The smallest absolute Gasteiger partial charge is 0.271 e. The molecule has 15 heavy (non-hydrogen) atoms. The highest BCUT2D eigenvalue weighted by Gasteiger charge is 2.07. The highest BCUT2D eigenvalue weighted by molar-refractivity contribution is 5.45. The molecule has 1 rings (SSSR count). The van der Waals surface area contributed by atoms with Crippen LogP contribution in [-0.2, 0) is 6.42 Å². The summed E-state index contributed by atoms with van der Waals surface area (Å²) in [6.45, 7) is 7.97. The minimum Gasteiger partial charge on any atom is -0.357 e. The van der Waals surface area contributed by atoms with Crippen LogP contribution in [0.25, 0.3) is 0 Å². The Balaban J connectivity index is 3.30. The van der Waals surface area contributed by atoms with Crippen LogP contribution in [0, 0.1) is 0 Å². The molecule has 0 saturated heterocycles. The van der Waals surface area contributed by atoms with Crippen LogP contribution in [0.1, 0.15) is 26.3 Å². The van der Waals surface area contributed by atoms with Crippen molar-refractivity contribution in [1.29, 1.82) is 0 Å². The van der Waals surface area contributed by atoms with E-state index in [1.165, 1.54) is 6.07 Å². The molecule has 0 amide bonds. The Morgan fingerprint density at radius 3 is 2.40 bits per heavy atom. The van der Waals surface area contributed by atoms with Gasteiger partial charge in [-0.2, -0.15) is 4.98 Å². The summed E-state index contributed by atoms with van der Waals surface area (Å²) in [5, 5.41) is 0. The molecule has 0 fully saturated rings. The Hall–Kier alpha value is -1.38. The van der Waals surface area contributed by atoms with Crippen molar-refractivity contribution in [2.75, 3.05) is 18.0 Å². The summed E-state index contributed by atoms with van der Waals surface area (Å²) in [4.78, 5) is 17.6. The molecule has 1 aromatic rings. The molecule has 1 heterocycles. The van der Waals surface area contributed by atoms with Crippen LogP contribution in [0.3, 0.4) is 0 Å². The molecule has 3 heteroatoms. The highest BCUT2D eigenvalue weighted by atomic mass is 16.1. The molecular weight excluding hydrogens is 188 g/mol. The lowest BCUT2D eigenvalue weighted by Crippen LogP contribution is -2.25. The number of anilines is 1. The summed E-state index contributed by atoms with van der Waals surface area (Å²) >= 11 is 0. The van der Waals surface area contributed by atoms with Gasteiger partial charge in [0.1, 0.15) is 5.82 Å². The summed E-state index contributed by atoms with van der Waals surface area (Å²) in [6, 6.07) is 5.26. The van der Waals surface area contributed by atoms with E-state index >= 15 is 0 Å². The Labute approximate surface area is 90.8 Å². The average molecular weight is 206 g/mol. The number of nitrogens with zero attached hydrogens (tertiary/aromatic N) is 2. The molecule has 0 atom stereocenters. The molecule has 0 aliphatic heterocycles. The molecule has 82 valence electrons. The Kier molecular flexibility index (Phi) is 4.28. The van der Waals surface area contributed by atoms with E-state index in [9.17, 15) is 4.79 Å². The van der Waals surface area contributed by atoms with E-state index in [4.69, 9.17) is 0 Å². The topological polar surface area (TPSA) is 33.2 Å². The fourth-order valence-corrected chi connectivity index (χ4v) is 1.61. The van der Waals surface area contributed by atoms with E-state index in [1.807, 2.05) is 6.07 Å². The zero-order valence-electron chi connectivity index (χ0n) is 9.66. The van der Waals surface area contributed by atoms with Crippen LogP contribution in [0.4, 0.5) is 5.82 Å². The highest BCUT2D eigenvalue weighted by Crippen LogP contribution is 2.14. The zero-order chi connectivity index (χ0) is 11.3. The Morgan fingerprint density at radius 1 is 1.20 bits per heavy atom. The molecule has 0 spiro atoms. The van der Waals surface area contributed by atoms with Gasteiger partial charge in [-0.05, 0) is 25.8 Å². The second-order valence-corrected chi connectivity index (χ2v) is 3.35. The van der Waals surface area contributed by atoms with Crippen LogP contribution < -0.4 is 10.5 Å². The molecule has 0 saturated carbocycles. The van der Waals surface area contributed by atoms with Crippen LogP contribution >= 0.6 is 0 Å². The molecular formula is C12H18N2O. The number of rotatable bonds is 4. The second-order valence-electron chi connectivity index (χ2n) is 3.35. The summed E-state index contributed by atoms with van der Waals surface area (Å²) < 4.78 is 0. The first-order valence-electron chi connectivity index (χ1n) is 5.48. The first-order valence-corrected chi connectivity index (χ1v) is 5.48. The molecule has 0 radical (unpaired) electrons. The lowest BCUT2D eigenvalue weighted by molar-refractivity contribution is 0.834. The van der Waals surface area contributed by atoms with Crippen molar-refractivity contribution in [3.63, 3.8) is 0 Å². The van der Waals surface area contributed by atoms with Crippen molar-refractivity contribution in [1.82, 2.24) is 4.98 Å². The van der Waals surface area contributed by atoms with E-state index in [0.717, 1.165) is 30.9 Å². The largest absolute Gasteiger partial charge is 0.357 e. The number of aryl methyl sites for hydroxylation is 1. The van der Waals surface area contributed by atoms with Crippen LogP contribution in [0.5, 0.6) is 0 Å². The Bertz CT molecular complexity index is 372. The number of hydrogen-bond donors (Lipinski definition) is 0. The van der Waals surface area contributed by atoms with E-state index < -0.39 is 0 Å². The standard InChI is InChI=1S/C12H18N2O/c1-4-10-8-7-9-11(15)13-12(10)14(5-2)6-3/h7-9H,4-6H2,1-3H3. The number of hydrogen-bond acceptors (Lipinski definition) is 3. The van der Waals surface area contributed by atoms with Gasteiger partial charge >= 0.3 is 0 Å². The summed E-state index contributed by atoms with van der Waals surface area (Å²) in [5.41, 5.74) is 0.956. The van der Waals surface area contributed by atoms with Gasteiger partial charge in [-0.3, -0.25) is 4.79 Å². The van der Waals surface area contributed by atoms with E-state index in [-0.39, 0.29) is 5.56 Å². The van der Waals surface area contributed by atoms with Crippen LogP contribution in [-0.4, -0.2) is 18.1 Å². The van der Waals surface area contributed by atoms with Gasteiger partial charge in [-0.1, -0.05) is 19.1 Å². The molecule has 0 aliphatic carbocycles. The molecule has 0 aromatic carbocycles. The van der Waals surface area contributed by atoms with Gasteiger partial charge in [-0.15, -0.1) is 0 Å². The van der Waals surface area contributed by atoms with Crippen molar-refractivity contribution < 1.29 is 0 Å². The first kappa shape index (κ1) is 11.7. The maximum Gasteiger partial charge on any atom is 0.271 e. The third-order valence-corrected chi connectivity index (χ3v) is 2.48. The number of aromatic nitrogens is 1. The molecule has 0 aliphatic rings. The predicted molar refractivity (Wildman–Crippen MR) is 63.4 cm³/mol. The Morgan fingerprint density at radius 2 is 1.87 bits per heavy atom. The maximum absolute atomic E-state index is 11.4.